The monoisotopic (exact) mass is 564 g/mol. The molecule has 0 aliphatic carbocycles. The van der Waals surface area contributed by atoms with Gasteiger partial charge in [-0.1, -0.05) is 0 Å². The molecule has 2 aliphatic heterocycles. The number of nitrogens with zero attached hydrogens (tertiary/aromatic N) is 2. The van der Waals surface area contributed by atoms with Crippen LogP contribution in [-0.4, -0.2) is 63.7 Å². The Labute approximate surface area is 203 Å². The summed E-state index contributed by atoms with van der Waals surface area (Å²) in [5.41, 5.74) is 3.17. The van der Waals surface area contributed by atoms with Gasteiger partial charge in [0.2, 0.25) is 0 Å². The molecule has 0 saturated heterocycles. The van der Waals surface area contributed by atoms with Gasteiger partial charge in [-0.3, -0.25) is 0 Å². The number of rotatable bonds is 12. The molecule has 2 aliphatic rings. The third kappa shape index (κ3) is 4.56. The van der Waals surface area contributed by atoms with Gasteiger partial charge in [-0.2, -0.15) is 0 Å². The first-order valence-corrected chi connectivity index (χ1v) is 15.6. The number of unbranched alkanes of at least 4 members (excludes halogenated alkanes) is 6. The van der Waals surface area contributed by atoms with Crippen molar-refractivity contribution in [2.45, 2.75) is 65.2 Å². The third-order valence-corrected chi connectivity index (χ3v) is 9.84. The molecule has 0 unspecified atom stereocenters. The van der Waals surface area contributed by atoms with E-state index in [-0.39, 0.29) is 40.8 Å². The fraction of sp³-hybridized carbons (Fsp3) is 0.462. The van der Waals surface area contributed by atoms with Crippen LogP contribution in [0.15, 0.2) is 45.3 Å². The summed E-state index contributed by atoms with van der Waals surface area (Å²) < 4.78 is 2.33. The molecule has 0 radical (unpaired) electrons. The molecule has 0 fully saturated rings. The summed E-state index contributed by atoms with van der Waals surface area (Å²) in [6, 6.07) is 8.35. The second-order valence-electron chi connectivity index (χ2n) is 8.44. The fourth-order valence-electron chi connectivity index (χ4n) is 4.56. The van der Waals surface area contributed by atoms with Gasteiger partial charge >= 0.3 is 204 Å². The molecule has 0 aromatic carbocycles. The minimum atomic E-state index is 0.0399. The van der Waals surface area contributed by atoms with Crippen LogP contribution in [0.4, 0.5) is 0 Å². The van der Waals surface area contributed by atoms with Crippen molar-refractivity contribution >= 4 is 52.2 Å². The topological polar surface area (TPSA) is 40.6 Å². The molecule has 0 bridgehead atoms. The second-order valence-corrected chi connectivity index (χ2v) is 12.4. The molecule has 2 amide bonds. The van der Waals surface area contributed by atoms with Gasteiger partial charge in [0.25, 0.3) is 0 Å². The van der Waals surface area contributed by atoms with Crippen molar-refractivity contribution in [2.75, 3.05) is 13.1 Å². The molecule has 0 N–H and O–H groups in total. The molecule has 0 spiro atoms. The van der Waals surface area contributed by atoms with Gasteiger partial charge < -0.3 is 0 Å². The van der Waals surface area contributed by atoms with Crippen molar-refractivity contribution in [3.05, 3.63) is 54.2 Å². The van der Waals surface area contributed by atoms with Crippen LogP contribution in [0.3, 0.4) is 0 Å². The zero-order valence-electron chi connectivity index (χ0n) is 19.1. The quantitative estimate of drug-likeness (QED) is 0.277. The van der Waals surface area contributed by atoms with Crippen LogP contribution in [-0.2, 0) is 9.59 Å². The molecule has 2 aromatic heterocycles. The van der Waals surface area contributed by atoms with Crippen LogP contribution >= 0.6 is 0 Å². The van der Waals surface area contributed by atoms with Crippen molar-refractivity contribution in [3.63, 3.8) is 0 Å². The predicted molar refractivity (Wildman–Crippen MR) is 132 cm³/mol. The van der Waals surface area contributed by atoms with Crippen molar-refractivity contribution in [2.24, 2.45) is 0 Å². The predicted octanol–water partition coefficient (Wildman–Crippen LogP) is 4.77. The Hall–Kier alpha value is -1.58. The summed E-state index contributed by atoms with van der Waals surface area (Å²) >= 11 is 0.347. The Morgan fingerprint density at radius 1 is 0.656 bits per heavy atom. The van der Waals surface area contributed by atoms with Crippen molar-refractivity contribution in [3.8, 4) is 0 Å². The Balaban J connectivity index is 1.75. The van der Waals surface area contributed by atoms with Gasteiger partial charge in [-0.05, 0) is 0 Å². The van der Waals surface area contributed by atoms with Crippen LogP contribution in [0.25, 0.3) is 11.4 Å². The van der Waals surface area contributed by atoms with E-state index >= 15 is 0 Å². The van der Waals surface area contributed by atoms with Crippen LogP contribution in [0.1, 0.15) is 74.1 Å². The van der Waals surface area contributed by atoms with Crippen LogP contribution in [0, 0.1) is 0 Å². The zero-order chi connectivity index (χ0) is 22.5. The van der Waals surface area contributed by atoms with E-state index in [0.717, 1.165) is 46.0 Å². The Bertz CT molecular complexity index is 921. The van der Waals surface area contributed by atoms with Gasteiger partial charge in [-0.15, -0.1) is 0 Å². The summed E-state index contributed by atoms with van der Waals surface area (Å²) in [5.74, 6) is 0.0798. The summed E-state index contributed by atoms with van der Waals surface area (Å²) in [4.78, 5) is 35.9. The Kier molecular flexibility index (Phi) is 8.12. The normalized spacial score (nSPS) is 16.2. The number of carbonyl (C=O) groups excluding carboxylic acids is 2. The van der Waals surface area contributed by atoms with E-state index in [1.807, 2.05) is 9.80 Å². The first-order chi connectivity index (χ1) is 15.7. The van der Waals surface area contributed by atoms with E-state index < -0.39 is 0 Å². The zero-order valence-corrected chi connectivity index (χ0v) is 22.5. The summed E-state index contributed by atoms with van der Waals surface area (Å²) in [5, 5.41) is 0. The Morgan fingerprint density at radius 2 is 1.09 bits per heavy atom. The molecule has 0 saturated carbocycles. The van der Waals surface area contributed by atoms with Crippen molar-refractivity contribution in [1.82, 2.24) is 9.80 Å². The summed E-state index contributed by atoms with van der Waals surface area (Å²) in [6.07, 6.45) is 8.91. The SMILES string of the molecule is CCCCCCN1C(=O)C2=C(c3ccc[se]3)N(CCCCCC)C(=O)C2=C1c1ccc[se]1. The average Bonchev–Trinajstić information content (AvgIpc) is 3.58. The summed E-state index contributed by atoms with van der Waals surface area (Å²) in [6.45, 7) is 5.81. The molecule has 4 heterocycles. The molecule has 170 valence electrons. The van der Waals surface area contributed by atoms with Crippen LogP contribution in [0.5, 0.6) is 0 Å². The molecule has 6 heteroatoms. The van der Waals surface area contributed by atoms with Gasteiger partial charge in [0.1, 0.15) is 0 Å². The van der Waals surface area contributed by atoms with Gasteiger partial charge in [0.15, 0.2) is 0 Å². The number of fused-ring (bicyclic) bond motifs is 1. The van der Waals surface area contributed by atoms with E-state index in [2.05, 4.69) is 48.0 Å². The van der Waals surface area contributed by atoms with Gasteiger partial charge in [0, 0.05) is 0 Å². The number of amides is 2. The van der Waals surface area contributed by atoms with Gasteiger partial charge in [0.05, 0.1) is 0 Å². The van der Waals surface area contributed by atoms with E-state index in [0.29, 0.717) is 24.2 Å². The standard InChI is InChI=1S/C26H32N2O2Se2/c1-3-5-7-9-15-27-23(19-13-11-17-31-19)21-22(25(27)29)24(20-14-12-18-32-20)28(26(21)30)16-10-8-6-4-2/h11-14,17-18H,3-10,15-16H2,1-2H3. The van der Waals surface area contributed by atoms with Crippen LogP contribution < -0.4 is 0 Å². The van der Waals surface area contributed by atoms with Crippen molar-refractivity contribution < 1.29 is 9.59 Å². The Morgan fingerprint density at radius 3 is 1.44 bits per heavy atom. The second kappa shape index (κ2) is 11.0. The fourth-order valence-corrected chi connectivity index (χ4v) is 7.85. The minimum absolute atomic E-state index is 0.0399. The van der Waals surface area contributed by atoms with E-state index in [9.17, 15) is 9.59 Å². The average molecular weight is 562 g/mol. The third-order valence-electron chi connectivity index (χ3n) is 6.16. The molecular weight excluding hydrogens is 530 g/mol. The molecule has 4 rings (SSSR count). The molecular formula is C26H32N2O2Se2. The van der Waals surface area contributed by atoms with Crippen LogP contribution in [0.2, 0.25) is 0 Å². The van der Waals surface area contributed by atoms with E-state index in [4.69, 9.17) is 0 Å². The van der Waals surface area contributed by atoms with Crippen molar-refractivity contribution in [1.29, 1.82) is 0 Å². The first kappa shape index (κ1) is 23.6. The maximum absolute atomic E-state index is 13.8. The molecule has 0 atom stereocenters. The number of hydrogen-bond donors (Lipinski definition) is 0. The number of hydrogen-bond acceptors (Lipinski definition) is 2. The number of carbonyl (C=O) groups is 2. The van der Waals surface area contributed by atoms with E-state index in [1.54, 1.807) is 0 Å². The van der Waals surface area contributed by atoms with Gasteiger partial charge in [-0.25, -0.2) is 0 Å². The molecule has 2 aromatic rings. The molecule has 32 heavy (non-hydrogen) atoms. The maximum atomic E-state index is 13.8. The summed E-state index contributed by atoms with van der Waals surface area (Å²) in [7, 11) is 0. The first-order valence-electron chi connectivity index (χ1n) is 11.9. The molecule has 4 nitrogen and oxygen atoms in total. The van der Waals surface area contributed by atoms with E-state index in [1.165, 1.54) is 25.7 Å².